The molecule has 2 aliphatic carbocycles. The zero-order valence-electron chi connectivity index (χ0n) is 15.2. The summed E-state index contributed by atoms with van der Waals surface area (Å²) in [7, 11) is 0. The maximum Gasteiger partial charge on any atom is 0.309 e. The number of hydrogen-bond donors (Lipinski definition) is 3. The van der Waals surface area contributed by atoms with Gasteiger partial charge in [-0.25, -0.2) is 0 Å². The molecule has 0 aromatic rings. The molecule has 0 heterocycles. The minimum Gasteiger partial charge on any atom is -0.481 e. The van der Waals surface area contributed by atoms with Crippen molar-refractivity contribution >= 4 is 5.97 Å². The molecule has 1 saturated carbocycles. The van der Waals surface area contributed by atoms with Gasteiger partial charge in [-0.3, -0.25) is 4.79 Å². The summed E-state index contributed by atoms with van der Waals surface area (Å²) in [5, 5.41) is 28.6. The lowest BCUT2D eigenvalue weighted by Crippen LogP contribution is -2.47. The molecule has 0 unspecified atom stereocenters. The second-order valence-corrected chi connectivity index (χ2v) is 8.23. The van der Waals surface area contributed by atoms with Crippen molar-refractivity contribution in [3.8, 4) is 0 Å². The molecule has 2 aliphatic rings. The Kier molecular flexibility index (Phi) is 5.61. The third-order valence-corrected chi connectivity index (χ3v) is 6.91. The number of carbonyl (C=O) groups is 1. The number of aliphatic carboxylic acids is 1. The van der Waals surface area contributed by atoms with E-state index in [4.69, 9.17) is 5.11 Å². The average molecular weight is 336 g/mol. The van der Waals surface area contributed by atoms with Gasteiger partial charge in [-0.2, -0.15) is 0 Å². The summed E-state index contributed by atoms with van der Waals surface area (Å²) < 4.78 is 0. The number of hydrogen-bond acceptors (Lipinski definition) is 3. The standard InChI is InChI=1S/C20H32O4/c1-13(17(22)12-21)9-11-19(3)14(2)7-8-16-15(19)6-5-10-20(16,4)18(23)24/h6,14,16-17,21-22H,1,5,7-12H2,2-4H3,(H,23,24)/t14-,16+,17-,19+,20+/m1/s1. The van der Waals surface area contributed by atoms with E-state index >= 15 is 0 Å². The third kappa shape index (κ3) is 3.18. The minimum absolute atomic E-state index is 0.0713. The Morgan fingerprint density at radius 2 is 2.08 bits per heavy atom. The molecule has 0 aliphatic heterocycles. The van der Waals surface area contributed by atoms with Crippen molar-refractivity contribution in [3.05, 3.63) is 23.8 Å². The fourth-order valence-electron chi connectivity index (χ4n) is 4.67. The van der Waals surface area contributed by atoms with Gasteiger partial charge in [0.2, 0.25) is 0 Å². The summed E-state index contributed by atoms with van der Waals surface area (Å²) in [6, 6.07) is 0. The predicted octanol–water partition coefficient (Wildman–Crippen LogP) is 3.54. The van der Waals surface area contributed by atoms with Crippen LogP contribution in [0.4, 0.5) is 0 Å². The van der Waals surface area contributed by atoms with Crippen LogP contribution in [0.3, 0.4) is 0 Å². The summed E-state index contributed by atoms with van der Waals surface area (Å²) in [5.41, 5.74) is 1.21. The molecule has 0 saturated heterocycles. The highest BCUT2D eigenvalue weighted by molar-refractivity contribution is 5.75. The third-order valence-electron chi connectivity index (χ3n) is 6.91. The first-order valence-corrected chi connectivity index (χ1v) is 9.07. The Bertz CT molecular complexity index is 538. The van der Waals surface area contributed by atoms with E-state index in [2.05, 4.69) is 26.5 Å². The van der Waals surface area contributed by atoms with Crippen LogP contribution in [0, 0.1) is 22.7 Å². The average Bonchev–Trinajstić information content (AvgIpc) is 2.55. The Labute approximate surface area is 145 Å². The number of carboxylic acid groups (broad SMARTS) is 1. The monoisotopic (exact) mass is 336 g/mol. The zero-order chi connectivity index (χ0) is 18.1. The quantitative estimate of drug-likeness (QED) is 0.648. The van der Waals surface area contributed by atoms with Crippen LogP contribution in [-0.4, -0.2) is 34.0 Å². The topological polar surface area (TPSA) is 77.8 Å². The highest BCUT2D eigenvalue weighted by Crippen LogP contribution is 2.58. The molecule has 0 aromatic heterocycles. The maximum absolute atomic E-state index is 11.9. The molecule has 0 aromatic carbocycles. The fourth-order valence-corrected chi connectivity index (χ4v) is 4.67. The van der Waals surface area contributed by atoms with Gasteiger partial charge in [-0.05, 0) is 68.3 Å². The van der Waals surface area contributed by atoms with Crippen molar-refractivity contribution in [2.75, 3.05) is 6.61 Å². The van der Waals surface area contributed by atoms with Crippen molar-refractivity contribution in [3.63, 3.8) is 0 Å². The van der Waals surface area contributed by atoms with E-state index in [9.17, 15) is 15.0 Å². The van der Waals surface area contributed by atoms with Gasteiger partial charge in [0.25, 0.3) is 0 Å². The lowest BCUT2D eigenvalue weighted by molar-refractivity contribution is -0.152. The SMILES string of the molecule is C=C(CC[C@]1(C)C2=CCC[C@](C)(C(=O)O)[C@H]2CC[C@H]1C)[C@H](O)CO. The summed E-state index contributed by atoms with van der Waals surface area (Å²) in [5.74, 6) is -0.119. The van der Waals surface area contributed by atoms with Crippen LogP contribution in [0.15, 0.2) is 23.8 Å². The van der Waals surface area contributed by atoms with Gasteiger partial charge in [-0.15, -0.1) is 0 Å². The maximum atomic E-state index is 11.9. The molecule has 4 nitrogen and oxygen atoms in total. The van der Waals surface area contributed by atoms with Crippen LogP contribution in [0.25, 0.3) is 0 Å². The van der Waals surface area contributed by atoms with Gasteiger partial charge in [0.05, 0.1) is 18.1 Å². The van der Waals surface area contributed by atoms with Gasteiger partial charge in [-0.1, -0.05) is 32.1 Å². The summed E-state index contributed by atoms with van der Waals surface area (Å²) >= 11 is 0. The Morgan fingerprint density at radius 1 is 1.42 bits per heavy atom. The van der Waals surface area contributed by atoms with Gasteiger partial charge in [0, 0.05) is 0 Å². The van der Waals surface area contributed by atoms with Gasteiger partial charge >= 0.3 is 5.97 Å². The van der Waals surface area contributed by atoms with Crippen molar-refractivity contribution < 1.29 is 20.1 Å². The van der Waals surface area contributed by atoms with Crippen molar-refractivity contribution in [1.82, 2.24) is 0 Å². The normalized spacial score (nSPS) is 37.3. The first-order chi connectivity index (χ1) is 11.2. The highest BCUT2D eigenvalue weighted by Gasteiger charge is 2.52. The first kappa shape index (κ1) is 19.2. The molecule has 3 N–H and O–H groups in total. The van der Waals surface area contributed by atoms with E-state index < -0.39 is 17.5 Å². The van der Waals surface area contributed by atoms with Crippen LogP contribution in [-0.2, 0) is 4.79 Å². The lowest BCUT2D eigenvalue weighted by atomic mass is 9.51. The van der Waals surface area contributed by atoms with E-state index in [-0.39, 0.29) is 17.9 Å². The van der Waals surface area contributed by atoms with Gasteiger partial charge < -0.3 is 15.3 Å². The number of aliphatic hydroxyl groups is 2. The summed E-state index contributed by atoms with van der Waals surface area (Å²) in [6.45, 7) is 9.99. The minimum atomic E-state index is -0.868. The molecule has 0 bridgehead atoms. The smallest absolute Gasteiger partial charge is 0.309 e. The van der Waals surface area contributed by atoms with E-state index in [1.807, 2.05) is 6.92 Å². The second kappa shape index (κ2) is 7.01. The number of rotatable bonds is 6. The second-order valence-electron chi connectivity index (χ2n) is 8.23. The highest BCUT2D eigenvalue weighted by atomic mass is 16.4. The van der Waals surface area contributed by atoms with Crippen LogP contribution < -0.4 is 0 Å². The van der Waals surface area contributed by atoms with E-state index in [1.165, 1.54) is 5.57 Å². The first-order valence-electron chi connectivity index (χ1n) is 9.07. The van der Waals surface area contributed by atoms with E-state index in [0.29, 0.717) is 24.3 Å². The largest absolute Gasteiger partial charge is 0.481 e. The summed E-state index contributed by atoms with van der Waals surface area (Å²) in [4.78, 5) is 11.9. The molecular weight excluding hydrogens is 304 g/mol. The molecule has 1 fully saturated rings. The Morgan fingerprint density at radius 3 is 2.67 bits per heavy atom. The summed E-state index contributed by atoms with van der Waals surface area (Å²) in [6.07, 6.45) is 6.37. The predicted molar refractivity (Wildman–Crippen MR) is 94.5 cm³/mol. The molecule has 0 spiro atoms. The molecule has 2 rings (SSSR count). The van der Waals surface area contributed by atoms with Crippen molar-refractivity contribution in [1.29, 1.82) is 0 Å². The number of carboxylic acids is 1. The van der Waals surface area contributed by atoms with Crippen molar-refractivity contribution in [2.24, 2.45) is 22.7 Å². The molecular formula is C20H32O4. The molecule has 5 atom stereocenters. The molecule has 24 heavy (non-hydrogen) atoms. The van der Waals surface area contributed by atoms with Crippen LogP contribution in [0.1, 0.15) is 59.3 Å². The van der Waals surface area contributed by atoms with Crippen LogP contribution in [0.2, 0.25) is 0 Å². The van der Waals surface area contributed by atoms with Gasteiger partial charge in [0.15, 0.2) is 0 Å². The molecule has 136 valence electrons. The number of aliphatic hydroxyl groups excluding tert-OH is 2. The Hall–Kier alpha value is -1.13. The van der Waals surface area contributed by atoms with E-state index in [0.717, 1.165) is 25.7 Å². The number of fused-ring (bicyclic) bond motifs is 1. The number of allylic oxidation sites excluding steroid dienone is 2. The van der Waals surface area contributed by atoms with Crippen LogP contribution in [0.5, 0.6) is 0 Å². The fraction of sp³-hybridized carbons (Fsp3) is 0.750. The van der Waals surface area contributed by atoms with E-state index in [1.54, 1.807) is 0 Å². The zero-order valence-corrected chi connectivity index (χ0v) is 15.2. The van der Waals surface area contributed by atoms with Crippen LogP contribution >= 0.6 is 0 Å². The van der Waals surface area contributed by atoms with Gasteiger partial charge in [0.1, 0.15) is 0 Å². The van der Waals surface area contributed by atoms with Crippen molar-refractivity contribution in [2.45, 2.75) is 65.4 Å². The molecule has 0 radical (unpaired) electrons. The Balaban J connectivity index is 2.26. The molecule has 4 heteroatoms. The molecule has 0 amide bonds. The lowest BCUT2D eigenvalue weighted by Gasteiger charge is -2.52.